The molecule has 0 fully saturated rings. The second-order valence-corrected chi connectivity index (χ2v) is 7.30. The van der Waals surface area contributed by atoms with Crippen LogP contribution in [-0.2, 0) is 14.8 Å². The van der Waals surface area contributed by atoms with Crippen molar-refractivity contribution in [2.24, 2.45) is 5.73 Å². The van der Waals surface area contributed by atoms with Crippen LogP contribution in [0.4, 0.5) is 0 Å². The Morgan fingerprint density at radius 1 is 1.17 bits per heavy atom. The molecule has 0 spiro atoms. The molecule has 2 rings (SSSR count). The van der Waals surface area contributed by atoms with Crippen LogP contribution < -0.4 is 15.8 Å². The van der Waals surface area contributed by atoms with E-state index in [1.54, 1.807) is 0 Å². The van der Waals surface area contributed by atoms with Crippen LogP contribution in [0.5, 0.6) is 0 Å². The fourth-order valence-electron chi connectivity index (χ4n) is 2.37. The van der Waals surface area contributed by atoms with Crippen LogP contribution in [0.15, 0.2) is 42.5 Å². The molecule has 0 heterocycles. The maximum absolute atomic E-state index is 12.1. The molecule has 4 N–H and O–H groups in total. The highest BCUT2D eigenvalue weighted by Crippen LogP contribution is 2.20. The lowest BCUT2D eigenvalue weighted by molar-refractivity contribution is -0.123. The molecule has 0 aliphatic rings. The average molecular weight is 372 g/mol. The highest BCUT2D eigenvalue weighted by molar-refractivity contribution is 7.88. The molecule has 1 amide bonds. The molecule has 0 saturated carbocycles. The fraction of sp³-hybridized carbons (Fsp3) is 0.312. The van der Waals surface area contributed by atoms with Gasteiger partial charge < -0.3 is 11.1 Å². The summed E-state index contributed by atoms with van der Waals surface area (Å²) in [4.78, 5) is 12.1. The summed E-state index contributed by atoms with van der Waals surface area (Å²) < 4.78 is 24.7. The van der Waals surface area contributed by atoms with Gasteiger partial charge in [0.1, 0.15) is 0 Å². The van der Waals surface area contributed by atoms with Gasteiger partial charge >= 0.3 is 0 Å². The van der Waals surface area contributed by atoms with Gasteiger partial charge in [-0.15, -0.1) is 12.4 Å². The van der Waals surface area contributed by atoms with Gasteiger partial charge in [-0.2, -0.15) is 0 Å². The summed E-state index contributed by atoms with van der Waals surface area (Å²) >= 11 is 0. The highest BCUT2D eigenvalue weighted by atomic mass is 35.5. The second kappa shape index (κ2) is 8.43. The van der Waals surface area contributed by atoms with Crippen molar-refractivity contribution in [1.82, 2.24) is 10.0 Å². The normalized spacial score (nSPS) is 13.8. The van der Waals surface area contributed by atoms with Crippen molar-refractivity contribution in [3.8, 4) is 0 Å². The first kappa shape index (κ1) is 20.4. The molecule has 0 radical (unpaired) electrons. The summed E-state index contributed by atoms with van der Waals surface area (Å²) in [5.74, 6) is -0.418. The van der Waals surface area contributed by atoms with Gasteiger partial charge in [0, 0.05) is 6.54 Å². The molecule has 2 aromatic rings. The summed E-state index contributed by atoms with van der Waals surface area (Å²) in [6, 6.07) is 12.5. The molecule has 2 aromatic carbocycles. The number of fused-ring (bicyclic) bond motifs is 1. The fourth-order valence-corrected chi connectivity index (χ4v) is 3.12. The molecule has 132 valence electrons. The molecule has 8 heteroatoms. The van der Waals surface area contributed by atoms with Gasteiger partial charge in [0.25, 0.3) is 0 Å². The van der Waals surface area contributed by atoms with E-state index in [9.17, 15) is 13.2 Å². The highest BCUT2D eigenvalue weighted by Gasteiger charge is 2.20. The smallest absolute Gasteiger partial charge is 0.238 e. The number of carbonyl (C=O) groups excluding carboxylic acids is 1. The number of halogens is 1. The number of amides is 1. The van der Waals surface area contributed by atoms with Gasteiger partial charge in [-0.25, -0.2) is 13.1 Å². The Kier molecular flexibility index (Phi) is 7.16. The third kappa shape index (κ3) is 5.45. The molecular weight excluding hydrogens is 350 g/mol. The number of hydrogen-bond acceptors (Lipinski definition) is 4. The quantitative estimate of drug-likeness (QED) is 0.712. The first-order valence-electron chi connectivity index (χ1n) is 7.26. The molecule has 2 atom stereocenters. The number of rotatable bonds is 6. The van der Waals surface area contributed by atoms with Crippen molar-refractivity contribution < 1.29 is 13.2 Å². The van der Waals surface area contributed by atoms with Crippen LogP contribution in [0.3, 0.4) is 0 Å². The third-order valence-electron chi connectivity index (χ3n) is 3.51. The Morgan fingerprint density at radius 2 is 1.79 bits per heavy atom. The molecule has 24 heavy (non-hydrogen) atoms. The van der Waals surface area contributed by atoms with E-state index in [0.717, 1.165) is 22.6 Å². The number of nitrogens with two attached hydrogens (primary N) is 1. The zero-order valence-electron chi connectivity index (χ0n) is 13.5. The van der Waals surface area contributed by atoms with E-state index in [0.29, 0.717) is 0 Å². The van der Waals surface area contributed by atoms with Crippen molar-refractivity contribution in [2.45, 2.75) is 19.0 Å². The van der Waals surface area contributed by atoms with Crippen LogP contribution >= 0.6 is 12.4 Å². The molecule has 0 bridgehead atoms. The summed E-state index contributed by atoms with van der Waals surface area (Å²) in [5, 5.41) is 4.94. The predicted molar refractivity (Wildman–Crippen MR) is 98.6 cm³/mol. The predicted octanol–water partition coefficient (Wildman–Crippen LogP) is 1.32. The third-order valence-corrected chi connectivity index (χ3v) is 4.29. The Bertz CT molecular complexity index is 811. The molecular formula is C16H22ClN3O3S. The van der Waals surface area contributed by atoms with E-state index in [4.69, 9.17) is 5.73 Å². The Balaban J connectivity index is 0.00000288. The topological polar surface area (TPSA) is 101 Å². The molecule has 2 unspecified atom stereocenters. The van der Waals surface area contributed by atoms with E-state index < -0.39 is 22.0 Å². The standard InChI is InChI=1S/C16H21N3O3S.ClH/c1-11(19-23(2,21)22)16(20)18-15(10-17)14-8-7-12-5-3-4-6-13(12)9-14;/h3-9,11,15,19H,10,17H2,1-2H3,(H,18,20);1H. The van der Waals surface area contributed by atoms with E-state index >= 15 is 0 Å². The SMILES string of the molecule is CC(NS(C)(=O)=O)C(=O)NC(CN)c1ccc2ccccc2c1.Cl. The number of benzene rings is 2. The first-order valence-corrected chi connectivity index (χ1v) is 9.16. The second-order valence-electron chi connectivity index (χ2n) is 5.52. The van der Waals surface area contributed by atoms with E-state index in [-0.39, 0.29) is 25.0 Å². The van der Waals surface area contributed by atoms with Gasteiger partial charge in [0.15, 0.2) is 0 Å². The number of hydrogen-bond donors (Lipinski definition) is 3. The first-order chi connectivity index (χ1) is 10.8. The summed E-state index contributed by atoms with van der Waals surface area (Å²) in [7, 11) is -3.45. The van der Waals surface area contributed by atoms with Crippen molar-refractivity contribution in [3.05, 3.63) is 48.0 Å². The summed E-state index contributed by atoms with van der Waals surface area (Å²) in [5.41, 5.74) is 6.65. The molecule has 0 aliphatic heterocycles. The minimum absolute atomic E-state index is 0. The Hall–Kier alpha value is -1.67. The van der Waals surface area contributed by atoms with Gasteiger partial charge in [0.05, 0.1) is 18.3 Å². The van der Waals surface area contributed by atoms with Crippen LogP contribution in [0, 0.1) is 0 Å². The van der Waals surface area contributed by atoms with Crippen molar-refractivity contribution in [3.63, 3.8) is 0 Å². The van der Waals surface area contributed by atoms with Gasteiger partial charge in [-0.1, -0.05) is 36.4 Å². The van der Waals surface area contributed by atoms with E-state index in [1.165, 1.54) is 6.92 Å². The molecule has 0 aliphatic carbocycles. The lowest BCUT2D eigenvalue weighted by Crippen LogP contribution is -2.46. The Morgan fingerprint density at radius 3 is 2.38 bits per heavy atom. The van der Waals surface area contributed by atoms with Crippen LogP contribution in [0.2, 0.25) is 0 Å². The van der Waals surface area contributed by atoms with E-state index in [2.05, 4.69) is 10.0 Å². The molecule has 0 aromatic heterocycles. The lowest BCUT2D eigenvalue weighted by Gasteiger charge is -2.20. The van der Waals surface area contributed by atoms with E-state index in [1.807, 2.05) is 42.5 Å². The molecule has 6 nitrogen and oxygen atoms in total. The lowest BCUT2D eigenvalue weighted by atomic mass is 10.0. The monoisotopic (exact) mass is 371 g/mol. The number of sulfonamides is 1. The van der Waals surface area contributed by atoms with Gasteiger partial charge in [-0.05, 0) is 29.3 Å². The minimum atomic E-state index is -3.45. The minimum Gasteiger partial charge on any atom is -0.347 e. The maximum atomic E-state index is 12.1. The van der Waals surface area contributed by atoms with Gasteiger partial charge in [0.2, 0.25) is 15.9 Å². The zero-order valence-corrected chi connectivity index (χ0v) is 15.2. The maximum Gasteiger partial charge on any atom is 0.238 e. The summed E-state index contributed by atoms with van der Waals surface area (Å²) in [6.45, 7) is 1.71. The zero-order chi connectivity index (χ0) is 17.0. The number of nitrogens with one attached hydrogen (secondary N) is 2. The van der Waals surface area contributed by atoms with Crippen LogP contribution in [0.1, 0.15) is 18.5 Å². The summed E-state index contributed by atoms with van der Waals surface area (Å²) in [6.07, 6.45) is 1.01. The average Bonchev–Trinajstić information content (AvgIpc) is 2.50. The molecule has 0 saturated heterocycles. The number of carbonyl (C=O) groups is 1. The van der Waals surface area contributed by atoms with Crippen molar-refractivity contribution in [1.29, 1.82) is 0 Å². The Labute approximate surface area is 148 Å². The van der Waals surface area contributed by atoms with Gasteiger partial charge in [-0.3, -0.25) is 4.79 Å². The van der Waals surface area contributed by atoms with Crippen LogP contribution in [-0.4, -0.2) is 33.2 Å². The van der Waals surface area contributed by atoms with Crippen LogP contribution in [0.25, 0.3) is 10.8 Å². The van der Waals surface area contributed by atoms with Crippen molar-refractivity contribution in [2.75, 3.05) is 12.8 Å². The largest absolute Gasteiger partial charge is 0.347 e. The van der Waals surface area contributed by atoms with Crippen molar-refractivity contribution >= 4 is 39.1 Å².